The molecule has 3 aromatic rings. The number of anilines is 1. The van der Waals surface area contributed by atoms with Crippen LogP contribution in [0.2, 0.25) is 0 Å². The number of hydrogen-bond donors (Lipinski definition) is 1. The molecule has 0 radical (unpaired) electrons. The van der Waals surface area contributed by atoms with Gasteiger partial charge in [-0.1, -0.05) is 34.1 Å². The minimum absolute atomic E-state index is 0.256. The van der Waals surface area contributed by atoms with Gasteiger partial charge in [0.15, 0.2) is 11.5 Å². The molecule has 0 spiro atoms. The first-order valence-corrected chi connectivity index (χ1v) is 11.4. The molecule has 34 heavy (non-hydrogen) atoms. The van der Waals surface area contributed by atoms with Crippen LogP contribution in [-0.2, 0) is 4.79 Å². The van der Waals surface area contributed by atoms with Crippen LogP contribution in [0.5, 0.6) is 11.5 Å². The Hall–Kier alpha value is -3.39. The van der Waals surface area contributed by atoms with Crippen LogP contribution in [0, 0.1) is 12.7 Å². The molecule has 8 heteroatoms. The van der Waals surface area contributed by atoms with E-state index in [0.717, 1.165) is 10.0 Å². The second-order valence-corrected chi connectivity index (χ2v) is 9.02. The van der Waals surface area contributed by atoms with Gasteiger partial charge in [-0.15, -0.1) is 0 Å². The Balaban J connectivity index is 1.91. The number of aryl methyl sites for hydroxylation is 1. The average Bonchev–Trinajstić information content (AvgIpc) is 2.82. The molecule has 3 aromatic carbocycles. The van der Waals surface area contributed by atoms with Crippen molar-refractivity contribution in [1.29, 1.82) is 0 Å². The Labute approximate surface area is 205 Å². The van der Waals surface area contributed by atoms with Gasteiger partial charge in [-0.05, 0) is 54.4 Å². The molecule has 0 fully saturated rings. The summed E-state index contributed by atoms with van der Waals surface area (Å²) in [6.07, 6.45) is 0. The monoisotopic (exact) mass is 526 g/mol. The van der Waals surface area contributed by atoms with Crippen LogP contribution in [-0.4, -0.2) is 38.0 Å². The topological polar surface area (TPSA) is 67.9 Å². The van der Waals surface area contributed by atoms with Gasteiger partial charge in [0.25, 0.3) is 5.91 Å². The molecule has 176 valence electrons. The Morgan fingerprint density at radius 3 is 2.35 bits per heavy atom. The molecule has 2 amide bonds. The van der Waals surface area contributed by atoms with Crippen LogP contribution >= 0.6 is 15.9 Å². The van der Waals surface area contributed by atoms with Gasteiger partial charge in [0.1, 0.15) is 5.82 Å². The van der Waals surface area contributed by atoms with Crippen LogP contribution < -0.4 is 14.8 Å². The van der Waals surface area contributed by atoms with Crippen molar-refractivity contribution in [2.75, 3.05) is 26.6 Å². The van der Waals surface area contributed by atoms with Crippen LogP contribution in [0.1, 0.15) is 39.0 Å². The second-order valence-electron chi connectivity index (χ2n) is 8.10. The second kappa shape index (κ2) is 9.46. The summed E-state index contributed by atoms with van der Waals surface area (Å²) in [5.74, 6) is -1.36. The van der Waals surface area contributed by atoms with Crippen molar-refractivity contribution in [1.82, 2.24) is 4.90 Å². The number of rotatable bonds is 5. The van der Waals surface area contributed by atoms with E-state index in [1.165, 1.54) is 25.2 Å². The van der Waals surface area contributed by atoms with Crippen LogP contribution in [0.4, 0.5) is 10.1 Å². The third-order valence-corrected chi connectivity index (χ3v) is 6.62. The first-order chi connectivity index (χ1) is 16.3. The number of hydrogen-bond acceptors (Lipinski definition) is 4. The van der Waals surface area contributed by atoms with E-state index in [0.29, 0.717) is 28.3 Å². The lowest BCUT2D eigenvalue weighted by molar-refractivity contribution is -0.119. The lowest BCUT2D eigenvalue weighted by Crippen LogP contribution is -2.44. The number of benzene rings is 3. The summed E-state index contributed by atoms with van der Waals surface area (Å²) in [6, 6.07) is 14.0. The Kier molecular flexibility index (Phi) is 6.61. The molecule has 0 aliphatic carbocycles. The molecule has 2 atom stereocenters. The molecule has 1 N–H and O–H groups in total. The van der Waals surface area contributed by atoms with Gasteiger partial charge in [0.05, 0.1) is 26.2 Å². The minimum Gasteiger partial charge on any atom is -0.493 e. The highest BCUT2D eigenvalue weighted by atomic mass is 79.9. The summed E-state index contributed by atoms with van der Waals surface area (Å²) >= 11 is 3.43. The fourth-order valence-corrected chi connectivity index (χ4v) is 4.89. The number of likely N-dealkylation sites (N-methyl/N-ethyl adjacent to an activating group) is 1. The number of carbonyl (C=O) groups is 2. The molecule has 6 nitrogen and oxygen atoms in total. The number of ether oxygens (including phenoxy) is 2. The van der Waals surface area contributed by atoms with E-state index in [1.54, 1.807) is 43.4 Å². The van der Waals surface area contributed by atoms with Gasteiger partial charge < -0.3 is 19.7 Å². The molecule has 0 saturated carbocycles. The van der Waals surface area contributed by atoms with Gasteiger partial charge in [-0.2, -0.15) is 0 Å². The summed E-state index contributed by atoms with van der Waals surface area (Å²) in [4.78, 5) is 28.6. The Morgan fingerprint density at radius 1 is 1.03 bits per heavy atom. The zero-order valence-corrected chi connectivity index (χ0v) is 20.8. The van der Waals surface area contributed by atoms with E-state index in [1.807, 2.05) is 19.1 Å². The van der Waals surface area contributed by atoms with Crippen LogP contribution in [0.3, 0.4) is 0 Å². The third-order valence-electron chi connectivity index (χ3n) is 6.13. The fraction of sp³-hybridized carbons (Fsp3) is 0.231. The van der Waals surface area contributed by atoms with Crippen molar-refractivity contribution in [3.63, 3.8) is 0 Å². The zero-order valence-electron chi connectivity index (χ0n) is 19.2. The third kappa shape index (κ3) is 4.14. The van der Waals surface area contributed by atoms with Gasteiger partial charge in [-0.25, -0.2) is 4.39 Å². The smallest absolute Gasteiger partial charge is 0.254 e. The first kappa shape index (κ1) is 23.8. The van der Waals surface area contributed by atoms with Crippen molar-refractivity contribution in [3.8, 4) is 11.5 Å². The highest BCUT2D eigenvalue weighted by Gasteiger charge is 2.44. The lowest BCUT2D eigenvalue weighted by atomic mass is 9.79. The maximum Gasteiger partial charge on any atom is 0.254 e. The summed E-state index contributed by atoms with van der Waals surface area (Å²) < 4.78 is 26.7. The highest BCUT2D eigenvalue weighted by molar-refractivity contribution is 9.10. The average molecular weight is 527 g/mol. The molecule has 0 saturated heterocycles. The van der Waals surface area contributed by atoms with Crippen molar-refractivity contribution in [2.45, 2.75) is 18.9 Å². The quantitative estimate of drug-likeness (QED) is 0.479. The van der Waals surface area contributed by atoms with Crippen molar-refractivity contribution >= 4 is 33.4 Å². The number of nitrogens with zero attached hydrogens (tertiary/aromatic N) is 1. The molecule has 1 aliphatic heterocycles. The number of fused-ring (bicyclic) bond motifs is 1. The number of nitrogens with one attached hydrogen (secondary N) is 1. The molecule has 0 bridgehead atoms. The summed E-state index contributed by atoms with van der Waals surface area (Å²) in [5, 5.41) is 2.98. The molecule has 0 unspecified atom stereocenters. The predicted octanol–water partition coefficient (Wildman–Crippen LogP) is 5.46. The van der Waals surface area contributed by atoms with E-state index in [4.69, 9.17) is 9.47 Å². The number of methoxy groups -OCH3 is 2. The normalized spacial score (nSPS) is 17.2. The van der Waals surface area contributed by atoms with Gasteiger partial charge in [0.2, 0.25) is 5.91 Å². The summed E-state index contributed by atoms with van der Waals surface area (Å²) in [7, 11) is 4.53. The van der Waals surface area contributed by atoms with E-state index in [9.17, 15) is 14.0 Å². The first-order valence-electron chi connectivity index (χ1n) is 10.6. The molecule has 1 aliphatic rings. The Morgan fingerprint density at radius 2 is 1.71 bits per heavy atom. The van der Waals surface area contributed by atoms with Crippen molar-refractivity contribution in [2.24, 2.45) is 0 Å². The van der Waals surface area contributed by atoms with Crippen molar-refractivity contribution in [3.05, 3.63) is 87.1 Å². The molecular weight excluding hydrogens is 503 g/mol. The number of amides is 2. The standard InChI is InChI=1S/C26H24BrFN2O4/c1-14-11-15(27)9-10-20(14)29-25(31)23-17-12-21(33-3)22(34-4)13-18(17)26(32)30(2)24(23)16-7-5-6-8-19(16)28/h5-13,23-24H,1-4H3,(H,29,31)/t23-,24-/m0/s1. The predicted molar refractivity (Wildman–Crippen MR) is 131 cm³/mol. The minimum atomic E-state index is -0.905. The molecule has 0 aromatic heterocycles. The van der Waals surface area contributed by atoms with Gasteiger partial charge >= 0.3 is 0 Å². The molecule has 1 heterocycles. The largest absolute Gasteiger partial charge is 0.493 e. The highest BCUT2D eigenvalue weighted by Crippen LogP contribution is 2.46. The summed E-state index contributed by atoms with van der Waals surface area (Å²) in [6.45, 7) is 1.88. The van der Waals surface area contributed by atoms with E-state index < -0.39 is 17.8 Å². The maximum absolute atomic E-state index is 15.0. The van der Waals surface area contributed by atoms with E-state index in [2.05, 4.69) is 21.2 Å². The number of carbonyl (C=O) groups excluding carboxylic acids is 2. The fourth-order valence-electron chi connectivity index (χ4n) is 4.41. The maximum atomic E-state index is 15.0. The Bertz CT molecular complexity index is 1280. The number of halogens is 2. The van der Waals surface area contributed by atoms with Crippen molar-refractivity contribution < 1.29 is 23.5 Å². The molecule has 4 rings (SSSR count). The van der Waals surface area contributed by atoms with Crippen LogP contribution in [0.25, 0.3) is 0 Å². The van der Waals surface area contributed by atoms with Gasteiger partial charge in [-0.3, -0.25) is 9.59 Å². The van der Waals surface area contributed by atoms with E-state index in [-0.39, 0.29) is 17.4 Å². The van der Waals surface area contributed by atoms with Gasteiger partial charge in [0, 0.05) is 28.3 Å². The lowest BCUT2D eigenvalue weighted by Gasteiger charge is -2.40. The SMILES string of the molecule is COc1cc2c(cc1OC)[C@H](C(=O)Nc1ccc(Br)cc1C)[C@H](c1ccccc1F)N(C)C2=O. The van der Waals surface area contributed by atoms with Crippen LogP contribution in [0.15, 0.2) is 59.1 Å². The zero-order chi connectivity index (χ0) is 24.6. The molecular formula is C26H24BrFN2O4. The summed E-state index contributed by atoms with van der Waals surface area (Å²) in [5.41, 5.74) is 2.49. The van der Waals surface area contributed by atoms with E-state index >= 15 is 0 Å².